The molecule has 3 aromatic carbocycles. The molecule has 0 radical (unpaired) electrons. The molecular formula is C26H26N2O5. The van der Waals surface area contributed by atoms with E-state index in [4.69, 9.17) is 14.2 Å². The summed E-state index contributed by atoms with van der Waals surface area (Å²) in [7, 11) is 0. The van der Waals surface area contributed by atoms with Gasteiger partial charge in [0.05, 0.1) is 11.7 Å². The Balaban J connectivity index is 1.30. The van der Waals surface area contributed by atoms with Crippen molar-refractivity contribution in [2.75, 3.05) is 19.8 Å². The average molecular weight is 447 g/mol. The van der Waals surface area contributed by atoms with Crippen molar-refractivity contribution in [1.29, 1.82) is 0 Å². The van der Waals surface area contributed by atoms with E-state index in [9.17, 15) is 9.59 Å². The predicted molar refractivity (Wildman–Crippen MR) is 124 cm³/mol. The van der Waals surface area contributed by atoms with Gasteiger partial charge in [0.25, 0.3) is 11.8 Å². The van der Waals surface area contributed by atoms with E-state index >= 15 is 0 Å². The summed E-state index contributed by atoms with van der Waals surface area (Å²) in [5.41, 5.74) is 7.01. The van der Waals surface area contributed by atoms with Gasteiger partial charge < -0.3 is 14.2 Å². The van der Waals surface area contributed by atoms with Crippen LogP contribution in [0, 0.1) is 0 Å². The molecule has 7 nitrogen and oxygen atoms in total. The van der Waals surface area contributed by atoms with Crippen molar-refractivity contribution >= 4 is 11.8 Å². The summed E-state index contributed by atoms with van der Waals surface area (Å²) in [6.45, 7) is 0.868. The van der Waals surface area contributed by atoms with Gasteiger partial charge in [0.15, 0.2) is 6.61 Å². The first-order chi connectivity index (χ1) is 16.2. The Morgan fingerprint density at radius 1 is 0.848 bits per heavy atom. The van der Waals surface area contributed by atoms with Crippen LogP contribution >= 0.6 is 0 Å². The van der Waals surface area contributed by atoms with Crippen molar-refractivity contribution in [2.45, 2.75) is 18.9 Å². The van der Waals surface area contributed by atoms with Crippen LogP contribution in [0.3, 0.4) is 0 Å². The lowest BCUT2D eigenvalue weighted by molar-refractivity contribution is -0.123. The van der Waals surface area contributed by atoms with Gasteiger partial charge >= 0.3 is 0 Å². The smallest absolute Gasteiger partial charge is 0.276 e. The van der Waals surface area contributed by atoms with Crippen molar-refractivity contribution < 1.29 is 23.8 Å². The monoisotopic (exact) mass is 446 g/mol. The zero-order valence-electron chi connectivity index (χ0n) is 18.2. The molecule has 1 saturated heterocycles. The molecule has 0 aliphatic carbocycles. The van der Waals surface area contributed by atoms with E-state index in [0.717, 1.165) is 30.6 Å². The van der Waals surface area contributed by atoms with Crippen LogP contribution in [0.2, 0.25) is 0 Å². The Bertz CT molecular complexity index is 1080. The minimum absolute atomic E-state index is 0.0386. The SMILES string of the molecule is O=C(COc1ccccc1-c1ccccc1)NNC(=O)c1ccccc1OC[C@H]1CCCO1. The maximum atomic E-state index is 12.6. The summed E-state index contributed by atoms with van der Waals surface area (Å²) in [5.74, 6) is 0.0609. The zero-order chi connectivity index (χ0) is 22.9. The van der Waals surface area contributed by atoms with Crippen LogP contribution in [0.15, 0.2) is 78.9 Å². The molecule has 2 N–H and O–H groups in total. The molecule has 1 atom stereocenters. The largest absolute Gasteiger partial charge is 0.490 e. The topological polar surface area (TPSA) is 85.9 Å². The molecule has 33 heavy (non-hydrogen) atoms. The van der Waals surface area contributed by atoms with Crippen LogP contribution in [0.4, 0.5) is 0 Å². The number of amides is 2. The van der Waals surface area contributed by atoms with Gasteiger partial charge in [0, 0.05) is 12.2 Å². The van der Waals surface area contributed by atoms with Crippen molar-refractivity contribution in [3.63, 3.8) is 0 Å². The number of hydrogen-bond acceptors (Lipinski definition) is 5. The Hall–Kier alpha value is -3.84. The summed E-state index contributed by atoms with van der Waals surface area (Å²) in [6.07, 6.45) is 1.99. The van der Waals surface area contributed by atoms with Crippen LogP contribution in [0.25, 0.3) is 11.1 Å². The lowest BCUT2D eigenvalue weighted by Gasteiger charge is -2.15. The number of para-hydroxylation sites is 2. The first kappa shape index (κ1) is 22.4. The van der Waals surface area contributed by atoms with Crippen LogP contribution in [-0.4, -0.2) is 37.7 Å². The second-order valence-corrected chi connectivity index (χ2v) is 7.60. The molecule has 0 spiro atoms. The van der Waals surface area contributed by atoms with Crippen LogP contribution in [0.1, 0.15) is 23.2 Å². The van der Waals surface area contributed by atoms with Gasteiger partial charge in [-0.3, -0.25) is 20.4 Å². The Labute approximate surface area is 192 Å². The molecule has 7 heteroatoms. The summed E-state index contributed by atoms with van der Waals surface area (Å²) >= 11 is 0. The second-order valence-electron chi connectivity index (χ2n) is 7.60. The number of nitrogens with one attached hydrogen (secondary N) is 2. The van der Waals surface area contributed by atoms with Crippen LogP contribution in [-0.2, 0) is 9.53 Å². The zero-order valence-corrected chi connectivity index (χ0v) is 18.2. The summed E-state index contributed by atoms with van der Waals surface area (Å²) < 4.78 is 17.1. The number of carbonyl (C=O) groups excluding carboxylic acids is 2. The number of benzene rings is 3. The third-order valence-electron chi connectivity index (χ3n) is 5.23. The van der Waals surface area contributed by atoms with Gasteiger partial charge in [-0.1, -0.05) is 60.7 Å². The highest BCUT2D eigenvalue weighted by atomic mass is 16.5. The molecule has 0 saturated carbocycles. The number of hydrogen-bond donors (Lipinski definition) is 2. The molecule has 0 bridgehead atoms. The van der Waals surface area contributed by atoms with Gasteiger partial charge in [0.1, 0.15) is 18.1 Å². The fourth-order valence-electron chi connectivity index (χ4n) is 3.56. The molecule has 170 valence electrons. The van der Waals surface area contributed by atoms with Gasteiger partial charge in [-0.15, -0.1) is 0 Å². The van der Waals surface area contributed by atoms with E-state index in [1.807, 2.05) is 48.5 Å². The van der Waals surface area contributed by atoms with Crippen molar-refractivity contribution in [3.05, 3.63) is 84.4 Å². The lowest BCUT2D eigenvalue weighted by Crippen LogP contribution is -2.44. The minimum Gasteiger partial charge on any atom is -0.490 e. The second kappa shape index (κ2) is 11.2. The van der Waals surface area contributed by atoms with Gasteiger partial charge in [-0.2, -0.15) is 0 Å². The normalized spacial score (nSPS) is 15.0. The highest BCUT2D eigenvalue weighted by Crippen LogP contribution is 2.29. The Kier molecular flexibility index (Phi) is 7.56. The highest BCUT2D eigenvalue weighted by molar-refractivity contribution is 5.97. The highest BCUT2D eigenvalue weighted by Gasteiger charge is 2.18. The molecule has 1 aliphatic heterocycles. The molecule has 1 aliphatic rings. The molecule has 4 rings (SSSR count). The fraction of sp³-hybridized carbons (Fsp3) is 0.231. The van der Waals surface area contributed by atoms with E-state index in [-0.39, 0.29) is 12.7 Å². The molecule has 3 aromatic rings. The van der Waals surface area contributed by atoms with Crippen molar-refractivity contribution in [3.8, 4) is 22.6 Å². The van der Waals surface area contributed by atoms with Crippen molar-refractivity contribution in [1.82, 2.24) is 10.9 Å². The minimum atomic E-state index is -0.482. The predicted octanol–water partition coefficient (Wildman–Crippen LogP) is 3.75. The van der Waals surface area contributed by atoms with Gasteiger partial charge in [-0.05, 0) is 36.6 Å². The number of ether oxygens (including phenoxy) is 3. The van der Waals surface area contributed by atoms with Gasteiger partial charge in [-0.25, -0.2) is 0 Å². The van der Waals surface area contributed by atoms with E-state index in [2.05, 4.69) is 10.9 Å². The van der Waals surface area contributed by atoms with Gasteiger partial charge in [0.2, 0.25) is 0 Å². The molecule has 1 heterocycles. The summed E-state index contributed by atoms with van der Waals surface area (Å²) in [4.78, 5) is 24.9. The lowest BCUT2D eigenvalue weighted by atomic mass is 10.1. The van der Waals surface area contributed by atoms with E-state index < -0.39 is 11.8 Å². The van der Waals surface area contributed by atoms with E-state index in [0.29, 0.717) is 23.7 Å². The quantitative estimate of drug-likeness (QED) is 0.515. The van der Waals surface area contributed by atoms with Crippen LogP contribution in [0.5, 0.6) is 11.5 Å². The summed E-state index contributed by atoms with van der Waals surface area (Å²) in [5, 5.41) is 0. The molecular weight excluding hydrogens is 420 g/mol. The Morgan fingerprint density at radius 2 is 1.58 bits per heavy atom. The number of rotatable bonds is 8. The standard InChI is InChI=1S/C26H26N2O5/c29-25(18-33-23-14-6-4-12-21(23)19-9-2-1-3-10-19)27-28-26(30)22-13-5-7-15-24(22)32-17-20-11-8-16-31-20/h1-7,9-10,12-15,20H,8,11,16-18H2,(H,27,29)(H,28,30)/t20-/m1/s1. The average Bonchev–Trinajstić information content (AvgIpc) is 3.39. The third-order valence-corrected chi connectivity index (χ3v) is 5.23. The van der Waals surface area contributed by atoms with E-state index in [1.165, 1.54) is 0 Å². The Morgan fingerprint density at radius 3 is 2.36 bits per heavy atom. The van der Waals surface area contributed by atoms with Crippen molar-refractivity contribution in [2.24, 2.45) is 0 Å². The third kappa shape index (κ3) is 6.11. The molecule has 0 aromatic heterocycles. The number of hydrazine groups is 1. The first-order valence-corrected chi connectivity index (χ1v) is 10.9. The molecule has 2 amide bonds. The molecule has 0 unspecified atom stereocenters. The van der Waals surface area contributed by atoms with E-state index in [1.54, 1.807) is 30.3 Å². The summed E-state index contributed by atoms with van der Waals surface area (Å²) in [6, 6.07) is 24.1. The number of carbonyl (C=O) groups is 2. The fourth-order valence-corrected chi connectivity index (χ4v) is 3.56. The first-order valence-electron chi connectivity index (χ1n) is 10.9. The maximum Gasteiger partial charge on any atom is 0.276 e. The maximum absolute atomic E-state index is 12.6. The van der Waals surface area contributed by atoms with Crippen LogP contribution < -0.4 is 20.3 Å². The molecule has 1 fully saturated rings.